The van der Waals surface area contributed by atoms with Crippen LogP contribution in [0.2, 0.25) is 0 Å². The van der Waals surface area contributed by atoms with Gasteiger partial charge >= 0.3 is 12.1 Å². The number of likely N-dealkylation sites (N-methyl/N-ethyl adjacent to an activating group) is 1. The quantitative estimate of drug-likeness (QED) is 0.629. The first kappa shape index (κ1) is 20.5. The molecule has 158 valence electrons. The van der Waals surface area contributed by atoms with Gasteiger partial charge in [0, 0.05) is 24.6 Å². The third kappa shape index (κ3) is 3.74. The van der Waals surface area contributed by atoms with Crippen molar-refractivity contribution in [1.82, 2.24) is 4.90 Å². The molecule has 1 aliphatic rings. The highest BCUT2D eigenvalue weighted by Crippen LogP contribution is 2.44. The molecule has 0 spiro atoms. The monoisotopic (exact) mass is 423 g/mol. The molecule has 0 saturated carbocycles. The standard InChI is InChI=1S/C24H19F2NO4/c1-27(22(23(28)29)19-11-10-14(25)12-21(19)26)24(30)31-13-20-17-8-4-2-6-15(17)16-7-3-5-9-18(16)20/h2-12,20,22H,13H2,1H3,(H,28,29). The zero-order valence-corrected chi connectivity index (χ0v) is 16.6. The summed E-state index contributed by atoms with van der Waals surface area (Å²) in [6.07, 6.45) is -0.919. The van der Waals surface area contributed by atoms with Gasteiger partial charge in [-0.1, -0.05) is 54.6 Å². The maximum atomic E-state index is 14.2. The fourth-order valence-corrected chi connectivity index (χ4v) is 4.03. The van der Waals surface area contributed by atoms with Crippen LogP contribution in [0.4, 0.5) is 13.6 Å². The van der Waals surface area contributed by atoms with E-state index in [4.69, 9.17) is 4.74 Å². The Morgan fingerprint density at radius 1 is 1.00 bits per heavy atom. The molecule has 0 aromatic heterocycles. The number of halogens is 2. The molecule has 0 saturated heterocycles. The van der Waals surface area contributed by atoms with Crippen LogP contribution in [-0.2, 0) is 9.53 Å². The van der Waals surface area contributed by atoms with Crippen molar-refractivity contribution < 1.29 is 28.2 Å². The van der Waals surface area contributed by atoms with Crippen molar-refractivity contribution in [3.63, 3.8) is 0 Å². The van der Waals surface area contributed by atoms with E-state index in [1.807, 2.05) is 48.5 Å². The number of carbonyl (C=O) groups is 2. The normalized spacial score (nSPS) is 13.3. The zero-order chi connectivity index (χ0) is 22.1. The van der Waals surface area contributed by atoms with Gasteiger partial charge in [0.1, 0.15) is 18.2 Å². The number of carbonyl (C=O) groups excluding carboxylic acids is 1. The van der Waals surface area contributed by atoms with Gasteiger partial charge in [0.25, 0.3) is 0 Å². The number of amides is 1. The summed E-state index contributed by atoms with van der Waals surface area (Å²) in [5.41, 5.74) is 3.82. The van der Waals surface area contributed by atoms with E-state index < -0.39 is 29.7 Å². The summed E-state index contributed by atoms with van der Waals surface area (Å²) in [6, 6.07) is 16.5. The van der Waals surface area contributed by atoms with Crippen molar-refractivity contribution in [2.45, 2.75) is 12.0 Å². The van der Waals surface area contributed by atoms with Gasteiger partial charge in [0.05, 0.1) is 0 Å². The lowest BCUT2D eigenvalue weighted by atomic mass is 9.98. The van der Waals surface area contributed by atoms with Crippen LogP contribution < -0.4 is 0 Å². The second-order valence-corrected chi connectivity index (χ2v) is 7.32. The average molecular weight is 423 g/mol. The molecule has 0 radical (unpaired) electrons. The Morgan fingerprint density at radius 2 is 1.58 bits per heavy atom. The van der Waals surface area contributed by atoms with Crippen LogP contribution in [0.25, 0.3) is 11.1 Å². The highest BCUT2D eigenvalue weighted by atomic mass is 19.1. The summed E-state index contributed by atoms with van der Waals surface area (Å²) in [5, 5.41) is 9.57. The maximum Gasteiger partial charge on any atom is 0.410 e. The summed E-state index contributed by atoms with van der Waals surface area (Å²) in [7, 11) is 1.21. The molecule has 31 heavy (non-hydrogen) atoms. The number of hydrogen-bond donors (Lipinski definition) is 1. The van der Waals surface area contributed by atoms with E-state index in [9.17, 15) is 23.5 Å². The molecule has 1 atom stereocenters. The van der Waals surface area contributed by atoms with E-state index in [1.54, 1.807) is 0 Å². The number of carboxylic acids is 1. The first-order valence-electron chi connectivity index (χ1n) is 9.64. The minimum atomic E-state index is -1.66. The van der Waals surface area contributed by atoms with Crippen LogP contribution in [0, 0.1) is 11.6 Å². The summed E-state index contributed by atoms with van der Waals surface area (Å²) >= 11 is 0. The van der Waals surface area contributed by atoms with Crippen LogP contribution >= 0.6 is 0 Å². The van der Waals surface area contributed by atoms with Gasteiger partial charge in [-0.2, -0.15) is 0 Å². The number of ether oxygens (including phenoxy) is 1. The molecule has 7 heteroatoms. The number of benzene rings is 3. The number of rotatable bonds is 5. The highest BCUT2D eigenvalue weighted by molar-refractivity contribution is 5.82. The van der Waals surface area contributed by atoms with Crippen molar-refractivity contribution >= 4 is 12.1 Å². The van der Waals surface area contributed by atoms with E-state index in [2.05, 4.69) is 0 Å². The Hall–Kier alpha value is -3.74. The second kappa shape index (κ2) is 8.18. The summed E-state index contributed by atoms with van der Waals surface area (Å²) < 4.78 is 32.8. The third-order valence-corrected chi connectivity index (χ3v) is 5.50. The van der Waals surface area contributed by atoms with Gasteiger partial charge < -0.3 is 9.84 Å². The van der Waals surface area contributed by atoms with Gasteiger partial charge in [0.15, 0.2) is 6.04 Å². The van der Waals surface area contributed by atoms with Crippen LogP contribution in [0.1, 0.15) is 28.7 Å². The molecule has 4 rings (SSSR count). The van der Waals surface area contributed by atoms with Crippen LogP contribution in [0.5, 0.6) is 0 Å². The SMILES string of the molecule is CN(C(=O)OCC1c2ccccc2-c2ccccc21)C(C(=O)O)c1ccc(F)cc1F. The van der Waals surface area contributed by atoms with Gasteiger partial charge in [-0.15, -0.1) is 0 Å². The topological polar surface area (TPSA) is 66.8 Å². The molecular weight excluding hydrogens is 404 g/mol. The number of hydrogen-bond acceptors (Lipinski definition) is 3. The Balaban J connectivity index is 1.55. The Bertz CT molecular complexity index is 1120. The van der Waals surface area contributed by atoms with Gasteiger partial charge in [0.2, 0.25) is 0 Å². The lowest BCUT2D eigenvalue weighted by Gasteiger charge is -2.25. The minimum absolute atomic E-state index is 0.00452. The molecule has 1 N–H and O–H groups in total. The third-order valence-electron chi connectivity index (χ3n) is 5.50. The molecule has 0 fully saturated rings. The van der Waals surface area contributed by atoms with E-state index >= 15 is 0 Å². The Kier molecular flexibility index (Phi) is 5.42. The predicted octanol–water partition coefficient (Wildman–Crippen LogP) is 4.97. The zero-order valence-electron chi connectivity index (χ0n) is 16.6. The highest BCUT2D eigenvalue weighted by Gasteiger charge is 2.34. The lowest BCUT2D eigenvalue weighted by molar-refractivity contribution is -0.142. The van der Waals surface area contributed by atoms with E-state index in [0.29, 0.717) is 6.07 Å². The first-order chi connectivity index (χ1) is 14.9. The van der Waals surface area contributed by atoms with Crippen molar-refractivity contribution in [3.8, 4) is 11.1 Å². The molecule has 0 aliphatic heterocycles. The summed E-state index contributed by atoms with van der Waals surface area (Å²) in [6.45, 7) is -0.00452. The molecular formula is C24H19F2NO4. The maximum absolute atomic E-state index is 14.2. The number of nitrogens with zero attached hydrogens (tertiary/aromatic N) is 1. The largest absolute Gasteiger partial charge is 0.479 e. The minimum Gasteiger partial charge on any atom is -0.479 e. The molecule has 1 unspecified atom stereocenters. The molecule has 3 aromatic carbocycles. The first-order valence-corrected chi connectivity index (χ1v) is 9.64. The fourth-order valence-electron chi connectivity index (χ4n) is 4.03. The molecule has 1 amide bonds. The molecule has 0 bridgehead atoms. The van der Waals surface area contributed by atoms with E-state index in [1.165, 1.54) is 7.05 Å². The summed E-state index contributed by atoms with van der Waals surface area (Å²) in [4.78, 5) is 25.2. The van der Waals surface area contributed by atoms with Crippen molar-refractivity contribution in [2.75, 3.05) is 13.7 Å². The van der Waals surface area contributed by atoms with Gasteiger partial charge in [-0.3, -0.25) is 4.90 Å². The molecule has 5 nitrogen and oxygen atoms in total. The number of fused-ring (bicyclic) bond motifs is 3. The lowest BCUT2D eigenvalue weighted by Crippen LogP contribution is -2.37. The Morgan fingerprint density at radius 3 is 2.13 bits per heavy atom. The van der Waals surface area contributed by atoms with Crippen LogP contribution in [0.15, 0.2) is 66.7 Å². The smallest absolute Gasteiger partial charge is 0.410 e. The predicted molar refractivity (Wildman–Crippen MR) is 110 cm³/mol. The van der Waals surface area contributed by atoms with E-state index in [0.717, 1.165) is 39.3 Å². The van der Waals surface area contributed by atoms with Crippen LogP contribution in [0.3, 0.4) is 0 Å². The Labute approximate surface area is 177 Å². The second-order valence-electron chi connectivity index (χ2n) is 7.32. The summed E-state index contributed by atoms with van der Waals surface area (Å²) in [5.74, 6) is -3.54. The van der Waals surface area contributed by atoms with Crippen molar-refractivity contribution in [2.24, 2.45) is 0 Å². The molecule has 0 heterocycles. The number of aliphatic carboxylic acids is 1. The molecule has 3 aromatic rings. The van der Waals surface area contributed by atoms with E-state index in [-0.39, 0.29) is 18.1 Å². The fraction of sp³-hybridized carbons (Fsp3) is 0.167. The number of carboxylic acid groups (broad SMARTS) is 1. The molecule has 1 aliphatic carbocycles. The van der Waals surface area contributed by atoms with Crippen LogP contribution in [-0.4, -0.2) is 35.7 Å². The van der Waals surface area contributed by atoms with Gasteiger partial charge in [-0.25, -0.2) is 18.4 Å². The van der Waals surface area contributed by atoms with Crippen molar-refractivity contribution in [1.29, 1.82) is 0 Å². The van der Waals surface area contributed by atoms with Gasteiger partial charge in [-0.05, 0) is 28.3 Å². The van der Waals surface area contributed by atoms with Crippen molar-refractivity contribution in [3.05, 3.63) is 95.1 Å². The average Bonchev–Trinajstić information content (AvgIpc) is 3.07.